The average Bonchev–Trinajstić information content (AvgIpc) is 2.95. The number of hydrogen-bond donors (Lipinski definition) is 1. The lowest BCUT2D eigenvalue weighted by Crippen LogP contribution is -2.34. The van der Waals surface area contributed by atoms with E-state index in [4.69, 9.17) is 0 Å². The number of anilines is 2. The van der Waals surface area contributed by atoms with Crippen LogP contribution in [0.15, 0.2) is 40.6 Å². The Bertz CT molecular complexity index is 766. The molecule has 0 saturated carbocycles. The molecular formula is C17H22N2O2S2. The molecule has 1 aliphatic heterocycles. The van der Waals surface area contributed by atoms with Crippen LogP contribution in [0.3, 0.4) is 0 Å². The molecular weight excluding hydrogens is 328 g/mol. The summed E-state index contributed by atoms with van der Waals surface area (Å²) in [5.74, 6) is 0.712. The zero-order valence-corrected chi connectivity index (χ0v) is 15.1. The van der Waals surface area contributed by atoms with E-state index in [1.165, 1.54) is 24.2 Å². The zero-order valence-electron chi connectivity index (χ0n) is 13.5. The standard InChI is InChI=1S/C17H22N2O2S2/c1-13-4-3-11-19(12-13)16-8-6-15(7-9-16)18-23(20,21)17-10-5-14(2)22-17/h5-10,13,18H,3-4,11-12H2,1-2H3. The van der Waals surface area contributed by atoms with E-state index in [9.17, 15) is 8.42 Å². The van der Waals surface area contributed by atoms with Gasteiger partial charge in [0.15, 0.2) is 0 Å². The van der Waals surface area contributed by atoms with Crippen LogP contribution in [0, 0.1) is 12.8 Å². The Hall–Kier alpha value is -1.53. The molecule has 1 saturated heterocycles. The van der Waals surface area contributed by atoms with Gasteiger partial charge in [0.2, 0.25) is 0 Å². The van der Waals surface area contributed by atoms with Gasteiger partial charge in [-0.3, -0.25) is 4.72 Å². The molecule has 23 heavy (non-hydrogen) atoms. The third-order valence-corrected chi connectivity index (χ3v) is 7.00. The number of nitrogens with zero attached hydrogens (tertiary/aromatic N) is 1. The first-order valence-corrected chi connectivity index (χ1v) is 10.2. The van der Waals surface area contributed by atoms with Gasteiger partial charge in [-0.05, 0) is 62.1 Å². The first kappa shape index (κ1) is 16.3. The van der Waals surface area contributed by atoms with Crippen LogP contribution < -0.4 is 9.62 Å². The lowest BCUT2D eigenvalue weighted by atomic mass is 10.00. The minimum absolute atomic E-state index is 0.351. The third kappa shape index (κ3) is 3.87. The molecule has 3 rings (SSSR count). The summed E-state index contributed by atoms with van der Waals surface area (Å²) in [5.41, 5.74) is 1.76. The molecule has 0 amide bonds. The third-order valence-electron chi connectivity index (χ3n) is 4.12. The number of hydrogen-bond acceptors (Lipinski definition) is 4. The summed E-state index contributed by atoms with van der Waals surface area (Å²) in [6.07, 6.45) is 2.50. The molecule has 1 fully saturated rings. The molecule has 0 bridgehead atoms. The summed E-state index contributed by atoms with van der Waals surface area (Å²) in [5, 5.41) is 0. The highest BCUT2D eigenvalue weighted by Gasteiger charge is 2.18. The number of thiophene rings is 1. The van der Waals surface area contributed by atoms with Crippen LogP contribution in [0.5, 0.6) is 0 Å². The van der Waals surface area contributed by atoms with Crippen LogP contribution in [-0.4, -0.2) is 21.5 Å². The highest BCUT2D eigenvalue weighted by Crippen LogP contribution is 2.26. The summed E-state index contributed by atoms with van der Waals surface area (Å²) in [6.45, 7) is 6.32. The predicted molar refractivity (Wildman–Crippen MR) is 96.9 cm³/mol. The van der Waals surface area contributed by atoms with E-state index in [-0.39, 0.29) is 0 Å². The molecule has 1 aromatic carbocycles. The smallest absolute Gasteiger partial charge is 0.271 e. The van der Waals surface area contributed by atoms with Gasteiger partial charge in [-0.1, -0.05) is 6.92 Å². The summed E-state index contributed by atoms with van der Waals surface area (Å²) < 4.78 is 27.7. The van der Waals surface area contributed by atoms with E-state index < -0.39 is 10.0 Å². The van der Waals surface area contributed by atoms with Crippen molar-refractivity contribution in [3.63, 3.8) is 0 Å². The fourth-order valence-electron chi connectivity index (χ4n) is 2.93. The molecule has 2 heterocycles. The van der Waals surface area contributed by atoms with Crippen molar-refractivity contribution in [2.75, 3.05) is 22.7 Å². The molecule has 1 aliphatic rings. The van der Waals surface area contributed by atoms with Crippen molar-refractivity contribution in [3.8, 4) is 0 Å². The summed E-state index contributed by atoms with van der Waals surface area (Å²) in [7, 11) is -3.48. The first-order valence-electron chi connectivity index (χ1n) is 7.88. The maximum atomic E-state index is 12.3. The van der Waals surface area contributed by atoms with Crippen molar-refractivity contribution < 1.29 is 8.42 Å². The Morgan fingerprint density at radius 1 is 1.17 bits per heavy atom. The van der Waals surface area contributed by atoms with Gasteiger partial charge in [0.1, 0.15) is 4.21 Å². The minimum Gasteiger partial charge on any atom is -0.371 e. The van der Waals surface area contributed by atoms with Crippen LogP contribution in [0.2, 0.25) is 0 Å². The molecule has 6 heteroatoms. The van der Waals surface area contributed by atoms with E-state index >= 15 is 0 Å². The molecule has 1 N–H and O–H groups in total. The molecule has 2 aromatic rings. The predicted octanol–water partition coefficient (Wildman–Crippen LogP) is 4.09. The van der Waals surface area contributed by atoms with Crippen LogP contribution in [0.1, 0.15) is 24.6 Å². The normalized spacial score (nSPS) is 18.9. The van der Waals surface area contributed by atoms with Gasteiger partial charge in [-0.15, -0.1) is 11.3 Å². The lowest BCUT2D eigenvalue weighted by Gasteiger charge is -2.32. The summed E-state index contributed by atoms with van der Waals surface area (Å²) in [6, 6.07) is 11.1. The van der Waals surface area contributed by atoms with Gasteiger partial charge in [0.25, 0.3) is 10.0 Å². The number of benzene rings is 1. The van der Waals surface area contributed by atoms with Gasteiger partial charge >= 0.3 is 0 Å². The van der Waals surface area contributed by atoms with Gasteiger partial charge in [0.05, 0.1) is 0 Å². The summed E-state index contributed by atoms with van der Waals surface area (Å²) in [4.78, 5) is 3.36. The first-order chi connectivity index (χ1) is 10.9. The SMILES string of the molecule is Cc1ccc(S(=O)(=O)Nc2ccc(N3CCCC(C)C3)cc2)s1. The largest absolute Gasteiger partial charge is 0.371 e. The topological polar surface area (TPSA) is 49.4 Å². The fraction of sp³-hybridized carbons (Fsp3) is 0.412. The highest BCUT2D eigenvalue weighted by atomic mass is 32.2. The van der Waals surface area contributed by atoms with E-state index in [1.807, 2.05) is 37.3 Å². The highest BCUT2D eigenvalue weighted by molar-refractivity contribution is 7.94. The van der Waals surface area contributed by atoms with Gasteiger partial charge < -0.3 is 4.90 Å². The van der Waals surface area contributed by atoms with E-state index in [2.05, 4.69) is 16.5 Å². The molecule has 0 spiro atoms. The van der Waals surface area contributed by atoms with E-state index in [1.54, 1.807) is 6.07 Å². The second-order valence-electron chi connectivity index (χ2n) is 6.21. The molecule has 4 nitrogen and oxygen atoms in total. The van der Waals surface area contributed by atoms with Crippen molar-refractivity contribution in [1.82, 2.24) is 0 Å². The van der Waals surface area contributed by atoms with Crippen LogP contribution in [-0.2, 0) is 10.0 Å². The summed E-state index contributed by atoms with van der Waals surface area (Å²) >= 11 is 1.28. The quantitative estimate of drug-likeness (QED) is 0.903. The lowest BCUT2D eigenvalue weighted by molar-refractivity contribution is 0.447. The Labute approximate surface area is 142 Å². The average molecular weight is 351 g/mol. The van der Waals surface area contributed by atoms with Crippen LogP contribution in [0.4, 0.5) is 11.4 Å². The maximum Gasteiger partial charge on any atom is 0.271 e. The Morgan fingerprint density at radius 3 is 2.52 bits per heavy atom. The number of aryl methyl sites for hydroxylation is 1. The number of sulfonamides is 1. The van der Waals surface area contributed by atoms with Gasteiger partial charge in [-0.2, -0.15) is 0 Å². The Balaban J connectivity index is 1.72. The zero-order chi connectivity index (χ0) is 16.4. The second-order valence-corrected chi connectivity index (χ2v) is 9.41. The molecule has 0 aliphatic carbocycles. The monoisotopic (exact) mass is 350 g/mol. The molecule has 0 radical (unpaired) electrons. The van der Waals surface area contributed by atoms with Crippen molar-refractivity contribution in [3.05, 3.63) is 41.3 Å². The minimum atomic E-state index is -3.48. The van der Waals surface area contributed by atoms with E-state index in [0.717, 1.165) is 23.7 Å². The van der Waals surface area contributed by atoms with Crippen molar-refractivity contribution in [2.45, 2.75) is 30.9 Å². The Morgan fingerprint density at radius 2 is 1.91 bits per heavy atom. The number of nitrogens with one attached hydrogen (secondary N) is 1. The van der Waals surface area contributed by atoms with Crippen molar-refractivity contribution >= 4 is 32.7 Å². The van der Waals surface area contributed by atoms with Crippen molar-refractivity contribution in [2.24, 2.45) is 5.92 Å². The number of piperidine rings is 1. The maximum absolute atomic E-state index is 12.3. The molecule has 124 valence electrons. The fourth-order valence-corrected chi connectivity index (χ4v) is 5.27. The van der Waals surface area contributed by atoms with E-state index in [0.29, 0.717) is 15.8 Å². The Kier molecular flexibility index (Phi) is 4.64. The number of rotatable bonds is 4. The van der Waals surface area contributed by atoms with Crippen molar-refractivity contribution in [1.29, 1.82) is 0 Å². The molecule has 1 aromatic heterocycles. The van der Waals surface area contributed by atoms with Gasteiger partial charge in [-0.25, -0.2) is 8.42 Å². The second kappa shape index (κ2) is 6.53. The molecule has 1 unspecified atom stereocenters. The molecule has 1 atom stereocenters. The van der Waals surface area contributed by atoms with Crippen LogP contribution in [0.25, 0.3) is 0 Å². The van der Waals surface area contributed by atoms with Crippen LogP contribution >= 0.6 is 11.3 Å². The van der Waals surface area contributed by atoms with Gasteiger partial charge in [0, 0.05) is 29.3 Å².